The Morgan fingerprint density at radius 2 is 1.67 bits per heavy atom. The van der Waals surface area contributed by atoms with Gasteiger partial charge in [-0.25, -0.2) is 8.42 Å². The summed E-state index contributed by atoms with van der Waals surface area (Å²) in [6.45, 7) is 3.19. The van der Waals surface area contributed by atoms with Crippen molar-refractivity contribution in [3.8, 4) is 5.75 Å². The molecular formula is C32H38BrN3O5S. The van der Waals surface area contributed by atoms with Crippen molar-refractivity contribution in [3.05, 3.63) is 88.4 Å². The monoisotopic (exact) mass is 655 g/mol. The number of sulfonamides is 1. The van der Waals surface area contributed by atoms with Gasteiger partial charge in [0.2, 0.25) is 11.8 Å². The highest BCUT2D eigenvalue weighted by Gasteiger charge is 2.33. The Kier molecular flexibility index (Phi) is 10.7. The Hall–Kier alpha value is -3.37. The van der Waals surface area contributed by atoms with Gasteiger partial charge in [-0.15, -0.1) is 0 Å². The molecule has 1 saturated carbocycles. The van der Waals surface area contributed by atoms with E-state index in [4.69, 9.17) is 4.74 Å². The summed E-state index contributed by atoms with van der Waals surface area (Å²) in [6.07, 6.45) is 5.10. The number of carbonyl (C=O) groups is 2. The highest BCUT2D eigenvalue weighted by atomic mass is 79.9. The molecule has 0 saturated heterocycles. The molecule has 42 heavy (non-hydrogen) atoms. The lowest BCUT2D eigenvalue weighted by Gasteiger charge is -2.33. The average Bonchev–Trinajstić information content (AvgIpc) is 2.99. The number of amides is 2. The number of methoxy groups -OCH3 is 1. The maximum Gasteiger partial charge on any atom is 0.264 e. The van der Waals surface area contributed by atoms with Crippen molar-refractivity contribution in [2.24, 2.45) is 0 Å². The molecule has 1 atom stereocenters. The molecule has 1 N–H and O–H groups in total. The lowest BCUT2D eigenvalue weighted by Crippen LogP contribution is -2.53. The summed E-state index contributed by atoms with van der Waals surface area (Å²) in [6, 6.07) is 19.8. The van der Waals surface area contributed by atoms with Crippen molar-refractivity contribution in [2.45, 2.75) is 69.5 Å². The number of halogens is 1. The van der Waals surface area contributed by atoms with Gasteiger partial charge in [-0.05, 0) is 80.8 Å². The third kappa shape index (κ3) is 7.92. The van der Waals surface area contributed by atoms with Crippen LogP contribution in [0.4, 0.5) is 5.69 Å². The normalized spacial score (nSPS) is 14.6. The summed E-state index contributed by atoms with van der Waals surface area (Å²) in [5, 5.41) is 3.12. The first-order valence-electron chi connectivity index (χ1n) is 14.2. The van der Waals surface area contributed by atoms with Crippen LogP contribution >= 0.6 is 15.9 Å². The number of hydrogen-bond donors (Lipinski definition) is 1. The van der Waals surface area contributed by atoms with Gasteiger partial charge in [0, 0.05) is 17.1 Å². The van der Waals surface area contributed by atoms with E-state index in [9.17, 15) is 18.0 Å². The van der Waals surface area contributed by atoms with E-state index in [0.717, 1.165) is 52.0 Å². The molecule has 0 radical (unpaired) electrons. The molecule has 1 aliphatic rings. The number of carbonyl (C=O) groups excluding carboxylic acids is 2. The van der Waals surface area contributed by atoms with Gasteiger partial charge in [-0.1, -0.05) is 65.0 Å². The smallest absolute Gasteiger partial charge is 0.264 e. The van der Waals surface area contributed by atoms with E-state index in [1.54, 1.807) is 56.5 Å². The lowest BCUT2D eigenvalue weighted by atomic mass is 9.95. The number of aryl methyl sites for hydroxylation is 1. The number of nitrogens with one attached hydrogen (secondary N) is 1. The van der Waals surface area contributed by atoms with Crippen molar-refractivity contribution in [1.29, 1.82) is 0 Å². The standard InChI is InChI=1S/C32H38BrN3O5S/c1-23-12-18-30(19-13-23)42(39,40)36(28-16-14-26(33)15-17-28)22-31(37)35(21-25-8-7-11-29(20-25)41-3)24(2)32(38)34-27-9-5-4-6-10-27/h7-8,11-20,24,27H,4-6,9-10,21-22H2,1-3H3,(H,34,38)/t24-/m1/s1. The fraction of sp³-hybridized carbons (Fsp3) is 0.375. The van der Waals surface area contributed by atoms with Crippen LogP contribution in [0, 0.1) is 6.92 Å². The van der Waals surface area contributed by atoms with Crippen molar-refractivity contribution in [2.75, 3.05) is 18.0 Å². The van der Waals surface area contributed by atoms with Crippen LogP contribution in [0.15, 0.2) is 82.2 Å². The predicted octanol–water partition coefficient (Wildman–Crippen LogP) is 5.83. The van der Waals surface area contributed by atoms with Gasteiger partial charge < -0.3 is 15.0 Å². The van der Waals surface area contributed by atoms with Crippen molar-refractivity contribution in [1.82, 2.24) is 10.2 Å². The molecule has 10 heteroatoms. The third-order valence-corrected chi connectivity index (χ3v) is 9.93. The number of rotatable bonds is 11. The minimum absolute atomic E-state index is 0.0728. The quantitative estimate of drug-likeness (QED) is 0.281. The van der Waals surface area contributed by atoms with Crippen LogP contribution < -0.4 is 14.4 Å². The van der Waals surface area contributed by atoms with E-state index in [0.29, 0.717) is 11.4 Å². The number of benzene rings is 3. The summed E-state index contributed by atoms with van der Waals surface area (Å²) >= 11 is 3.40. The van der Waals surface area contributed by atoms with Crippen LogP contribution in [0.5, 0.6) is 5.75 Å². The van der Waals surface area contributed by atoms with Gasteiger partial charge >= 0.3 is 0 Å². The summed E-state index contributed by atoms with van der Waals surface area (Å²) < 4.78 is 35.1. The van der Waals surface area contributed by atoms with Gasteiger partial charge in [0.1, 0.15) is 18.3 Å². The van der Waals surface area contributed by atoms with Crippen molar-refractivity contribution < 1.29 is 22.7 Å². The molecule has 8 nitrogen and oxygen atoms in total. The Balaban J connectivity index is 1.68. The fourth-order valence-corrected chi connectivity index (χ4v) is 6.77. The molecule has 0 aliphatic heterocycles. The zero-order valence-corrected chi connectivity index (χ0v) is 26.7. The minimum Gasteiger partial charge on any atom is -0.497 e. The van der Waals surface area contributed by atoms with E-state index >= 15 is 0 Å². The summed E-state index contributed by atoms with van der Waals surface area (Å²) in [4.78, 5) is 29.1. The van der Waals surface area contributed by atoms with Crippen LogP contribution in [0.2, 0.25) is 0 Å². The van der Waals surface area contributed by atoms with Crippen LogP contribution in [-0.4, -0.2) is 50.9 Å². The molecule has 2 amide bonds. The molecule has 0 aromatic heterocycles. The highest BCUT2D eigenvalue weighted by molar-refractivity contribution is 9.10. The van der Waals surface area contributed by atoms with E-state index in [1.165, 1.54) is 17.0 Å². The van der Waals surface area contributed by atoms with Crippen LogP contribution in [0.3, 0.4) is 0 Å². The Bertz CT molecular complexity index is 1470. The Labute approximate surface area is 257 Å². The number of hydrogen-bond acceptors (Lipinski definition) is 5. The number of anilines is 1. The van der Waals surface area contributed by atoms with Crippen LogP contribution in [0.1, 0.15) is 50.2 Å². The lowest BCUT2D eigenvalue weighted by molar-refractivity contribution is -0.139. The maximum absolute atomic E-state index is 14.1. The topological polar surface area (TPSA) is 96.0 Å². The van der Waals surface area contributed by atoms with E-state index in [-0.39, 0.29) is 23.4 Å². The largest absolute Gasteiger partial charge is 0.497 e. The summed E-state index contributed by atoms with van der Waals surface area (Å²) in [5.41, 5.74) is 2.02. The average molecular weight is 657 g/mol. The third-order valence-electron chi connectivity index (χ3n) is 7.61. The first-order chi connectivity index (χ1) is 20.1. The van der Waals surface area contributed by atoms with Gasteiger partial charge in [-0.2, -0.15) is 0 Å². The van der Waals surface area contributed by atoms with E-state index in [2.05, 4.69) is 21.2 Å². The molecule has 3 aromatic rings. The van der Waals surface area contributed by atoms with Gasteiger partial charge in [0.25, 0.3) is 10.0 Å². The minimum atomic E-state index is -4.11. The number of nitrogens with zero attached hydrogens (tertiary/aromatic N) is 2. The Morgan fingerprint density at radius 3 is 2.31 bits per heavy atom. The fourth-order valence-electron chi connectivity index (χ4n) is 5.09. The molecule has 4 rings (SSSR count). The molecule has 0 bridgehead atoms. The summed E-state index contributed by atoms with van der Waals surface area (Å²) in [5.74, 6) is -0.130. The number of ether oxygens (including phenoxy) is 1. The molecule has 0 spiro atoms. The second-order valence-corrected chi connectivity index (χ2v) is 13.5. The van der Waals surface area contributed by atoms with E-state index in [1.807, 2.05) is 25.1 Å². The first kappa shape index (κ1) is 31.6. The predicted molar refractivity (Wildman–Crippen MR) is 168 cm³/mol. The van der Waals surface area contributed by atoms with Gasteiger partial charge in [0.15, 0.2) is 0 Å². The Morgan fingerprint density at radius 1 is 1.00 bits per heavy atom. The summed E-state index contributed by atoms with van der Waals surface area (Å²) in [7, 11) is -2.55. The van der Waals surface area contributed by atoms with Gasteiger partial charge in [0.05, 0.1) is 17.7 Å². The zero-order chi connectivity index (χ0) is 30.3. The van der Waals surface area contributed by atoms with Crippen LogP contribution in [0.25, 0.3) is 0 Å². The SMILES string of the molecule is COc1cccc(CN(C(=O)CN(c2ccc(Br)cc2)S(=O)(=O)c2ccc(C)cc2)[C@H](C)C(=O)NC2CCCCC2)c1. The zero-order valence-electron chi connectivity index (χ0n) is 24.3. The molecule has 224 valence electrons. The van der Waals surface area contributed by atoms with E-state index < -0.39 is 28.5 Å². The maximum atomic E-state index is 14.1. The van der Waals surface area contributed by atoms with Gasteiger partial charge in [-0.3, -0.25) is 13.9 Å². The molecular weight excluding hydrogens is 618 g/mol. The highest BCUT2D eigenvalue weighted by Crippen LogP contribution is 2.27. The second kappa shape index (κ2) is 14.2. The molecule has 1 fully saturated rings. The first-order valence-corrected chi connectivity index (χ1v) is 16.4. The molecule has 3 aromatic carbocycles. The molecule has 0 heterocycles. The van der Waals surface area contributed by atoms with Crippen molar-refractivity contribution >= 4 is 43.5 Å². The van der Waals surface area contributed by atoms with Crippen LogP contribution in [-0.2, 0) is 26.2 Å². The second-order valence-electron chi connectivity index (χ2n) is 10.7. The van der Waals surface area contributed by atoms with Crippen molar-refractivity contribution in [3.63, 3.8) is 0 Å². The molecule has 1 aliphatic carbocycles. The molecule has 0 unspecified atom stereocenters.